The van der Waals surface area contributed by atoms with E-state index in [0.29, 0.717) is 35.4 Å². The number of nitrogens with two attached hydrogens (primary N) is 1. The summed E-state index contributed by atoms with van der Waals surface area (Å²) in [6.07, 6.45) is 2.84. The van der Waals surface area contributed by atoms with Gasteiger partial charge < -0.3 is 10.3 Å². The first kappa shape index (κ1) is 14.1. The Hall–Kier alpha value is -1.33. The third-order valence-electron chi connectivity index (χ3n) is 3.40. The zero-order valence-electron chi connectivity index (χ0n) is 11.0. The summed E-state index contributed by atoms with van der Waals surface area (Å²) in [5.74, 6) is 6.53. The van der Waals surface area contributed by atoms with Gasteiger partial charge in [-0.05, 0) is 24.5 Å². The molecule has 1 saturated heterocycles. The summed E-state index contributed by atoms with van der Waals surface area (Å²) in [6, 6.07) is 3.45. The van der Waals surface area contributed by atoms with Crippen molar-refractivity contribution in [2.24, 2.45) is 11.8 Å². The average molecular weight is 283 g/mol. The fourth-order valence-electron chi connectivity index (χ4n) is 2.46. The molecule has 5 nitrogen and oxygen atoms in total. The molecule has 19 heavy (non-hydrogen) atoms. The molecule has 1 aromatic heterocycles. The maximum absolute atomic E-state index is 11.9. The van der Waals surface area contributed by atoms with Crippen LogP contribution in [0.1, 0.15) is 31.9 Å². The van der Waals surface area contributed by atoms with Gasteiger partial charge in [0.25, 0.3) is 0 Å². The minimum absolute atomic E-state index is 0.183. The van der Waals surface area contributed by atoms with Crippen LogP contribution in [0.2, 0.25) is 5.02 Å². The second-order valence-corrected chi connectivity index (χ2v) is 5.31. The molecule has 2 rings (SSSR count). The highest BCUT2D eigenvalue weighted by Gasteiger charge is 2.29. The van der Waals surface area contributed by atoms with Crippen molar-refractivity contribution in [2.45, 2.75) is 32.7 Å². The van der Waals surface area contributed by atoms with E-state index in [0.717, 1.165) is 19.4 Å². The number of anilines is 1. The number of carbonyl (C=O) groups is 1. The first-order valence-corrected chi connectivity index (χ1v) is 6.91. The predicted octanol–water partition coefficient (Wildman–Crippen LogP) is 2.17. The number of rotatable bonds is 5. The topological polar surface area (TPSA) is 71.2 Å². The SMILES string of the molecule is CCCC1CC(=O)N(Cc2nc(NN)ccc2Cl)C1. The Balaban J connectivity index is 2.07. The first-order chi connectivity index (χ1) is 9.13. The summed E-state index contributed by atoms with van der Waals surface area (Å²) >= 11 is 6.11. The Kier molecular flexibility index (Phi) is 4.61. The zero-order valence-corrected chi connectivity index (χ0v) is 11.8. The van der Waals surface area contributed by atoms with Gasteiger partial charge in [-0.25, -0.2) is 10.8 Å². The van der Waals surface area contributed by atoms with E-state index in [-0.39, 0.29) is 5.91 Å². The van der Waals surface area contributed by atoms with Gasteiger partial charge in [0.05, 0.1) is 17.3 Å². The summed E-state index contributed by atoms with van der Waals surface area (Å²) in [5.41, 5.74) is 3.17. The Morgan fingerprint density at radius 3 is 3.05 bits per heavy atom. The van der Waals surface area contributed by atoms with E-state index in [9.17, 15) is 4.79 Å². The maximum atomic E-state index is 11.9. The molecular formula is C13H19ClN4O. The standard InChI is InChI=1S/C13H19ClN4O/c1-2-3-9-6-13(19)18(7-9)8-11-10(14)4-5-12(16-11)17-15/h4-5,9H,2-3,6-8,15H2,1H3,(H,16,17). The quantitative estimate of drug-likeness (QED) is 0.641. The molecule has 0 aromatic carbocycles. The third-order valence-corrected chi connectivity index (χ3v) is 3.74. The molecule has 1 aliphatic rings. The molecule has 1 aliphatic heterocycles. The smallest absolute Gasteiger partial charge is 0.223 e. The molecule has 1 atom stereocenters. The lowest BCUT2D eigenvalue weighted by molar-refractivity contribution is -0.128. The van der Waals surface area contributed by atoms with Gasteiger partial charge in [0.2, 0.25) is 5.91 Å². The average Bonchev–Trinajstić information content (AvgIpc) is 2.73. The number of hydrogen-bond acceptors (Lipinski definition) is 4. The largest absolute Gasteiger partial charge is 0.336 e. The van der Waals surface area contributed by atoms with Crippen LogP contribution in [0.4, 0.5) is 5.82 Å². The van der Waals surface area contributed by atoms with Crippen molar-refractivity contribution in [1.29, 1.82) is 0 Å². The number of pyridine rings is 1. The van der Waals surface area contributed by atoms with Gasteiger partial charge >= 0.3 is 0 Å². The number of nitrogen functional groups attached to an aromatic ring is 1. The molecule has 1 aromatic rings. The fourth-order valence-corrected chi connectivity index (χ4v) is 2.63. The summed E-state index contributed by atoms with van der Waals surface area (Å²) in [5, 5.41) is 0.561. The molecule has 0 saturated carbocycles. The van der Waals surface area contributed by atoms with Crippen molar-refractivity contribution < 1.29 is 4.79 Å². The van der Waals surface area contributed by atoms with Crippen LogP contribution >= 0.6 is 11.6 Å². The van der Waals surface area contributed by atoms with Crippen LogP contribution in [-0.4, -0.2) is 22.3 Å². The minimum atomic E-state index is 0.183. The molecule has 1 unspecified atom stereocenters. The second-order valence-electron chi connectivity index (χ2n) is 4.90. The Labute approximate surface area is 118 Å². The molecule has 0 aliphatic carbocycles. The van der Waals surface area contributed by atoms with Crippen molar-refractivity contribution in [1.82, 2.24) is 9.88 Å². The third kappa shape index (κ3) is 3.36. The molecule has 0 bridgehead atoms. The Bertz CT molecular complexity index is 466. The summed E-state index contributed by atoms with van der Waals surface area (Å²) in [7, 11) is 0. The number of aromatic nitrogens is 1. The van der Waals surface area contributed by atoms with Crippen molar-refractivity contribution in [3.8, 4) is 0 Å². The van der Waals surface area contributed by atoms with Crippen LogP contribution < -0.4 is 11.3 Å². The normalized spacial score (nSPS) is 19.0. The highest BCUT2D eigenvalue weighted by molar-refractivity contribution is 6.31. The highest BCUT2D eigenvalue weighted by Crippen LogP contribution is 2.25. The van der Waals surface area contributed by atoms with Gasteiger partial charge in [-0.1, -0.05) is 24.9 Å². The molecule has 0 spiro atoms. The van der Waals surface area contributed by atoms with Crippen molar-refractivity contribution >= 4 is 23.3 Å². The number of amides is 1. The minimum Gasteiger partial charge on any atom is -0.336 e. The summed E-state index contributed by atoms with van der Waals surface area (Å²) in [4.78, 5) is 18.1. The number of hydrogen-bond donors (Lipinski definition) is 2. The molecule has 1 fully saturated rings. The monoisotopic (exact) mass is 282 g/mol. The van der Waals surface area contributed by atoms with Crippen LogP contribution in [0.5, 0.6) is 0 Å². The van der Waals surface area contributed by atoms with Gasteiger partial charge in [-0.2, -0.15) is 0 Å². The lowest BCUT2D eigenvalue weighted by Crippen LogP contribution is -2.25. The number of halogens is 1. The predicted molar refractivity (Wildman–Crippen MR) is 75.5 cm³/mol. The van der Waals surface area contributed by atoms with Gasteiger partial charge in [0, 0.05) is 13.0 Å². The number of carbonyl (C=O) groups excluding carboxylic acids is 1. The van der Waals surface area contributed by atoms with E-state index in [4.69, 9.17) is 17.4 Å². The van der Waals surface area contributed by atoms with Crippen LogP contribution in [-0.2, 0) is 11.3 Å². The van der Waals surface area contributed by atoms with Gasteiger partial charge in [0.15, 0.2) is 0 Å². The molecule has 0 radical (unpaired) electrons. The van der Waals surface area contributed by atoms with Gasteiger partial charge in [-0.15, -0.1) is 0 Å². The van der Waals surface area contributed by atoms with Crippen LogP contribution in [0, 0.1) is 5.92 Å². The van der Waals surface area contributed by atoms with Crippen molar-refractivity contribution in [3.63, 3.8) is 0 Å². The molecule has 6 heteroatoms. The summed E-state index contributed by atoms with van der Waals surface area (Å²) in [6.45, 7) is 3.39. The second kappa shape index (κ2) is 6.21. The van der Waals surface area contributed by atoms with E-state index in [1.54, 1.807) is 12.1 Å². The first-order valence-electron chi connectivity index (χ1n) is 6.53. The number of nitrogens with one attached hydrogen (secondary N) is 1. The highest BCUT2D eigenvalue weighted by atomic mass is 35.5. The molecule has 1 amide bonds. The number of hydrazine groups is 1. The fraction of sp³-hybridized carbons (Fsp3) is 0.538. The van der Waals surface area contributed by atoms with Gasteiger partial charge in [0.1, 0.15) is 5.82 Å². The summed E-state index contributed by atoms with van der Waals surface area (Å²) < 4.78 is 0. The number of likely N-dealkylation sites (tertiary alicyclic amines) is 1. The van der Waals surface area contributed by atoms with E-state index < -0.39 is 0 Å². The van der Waals surface area contributed by atoms with Crippen molar-refractivity contribution in [2.75, 3.05) is 12.0 Å². The van der Waals surface area contributed by atoms with Gasteiger partial charge in [-0.3, -0.25) is 4.79 Å². The molecular weight excluding hydrogens is 264 g/mol. The molecule has 3 N–H and O–H groups in total. The van der Waals surface area contributed by atoms with Crippen LogP contribution in [0.15, 0.2) is 12.1 Å². The van der Waals surface area contributed by atoms with E-state index >= 15 is 0 Å². The van der Waals surface area contributed by atoms with E-state index in [1.807, 2.05) is 4.90 Å². The van der Waals surface area contributed by atoms with Crippen LogP contribution in [0.3, 0.4) is 0 Å². The Morgan fingerprint density at radius 1 is 1.58 bits per heavy atom. The number of nitrogens with zero attached hydrogens (tertiary/aromatic N) is 2. The molecule has 104 valence electrons. The molecule has 2 heterocycles. The van der Waals surface area contributed by atoms with Crippen LogP contribution in [0.25, 0.3) is 0 Å². The van der Waals surface area contributed by atoms with E-state index in [1.165, 1.54) is 0 Å². The zero-order chi connectivity index (χ0) is 13.8. The van der Waals surface area contributed by atoms with E-state index in [2.05, 4.69) is 17.3 Å². The maximum Gasteiger partial charge on any atom is 0.223 e. The Morgan fingerprint density at radius 2 is 2.37 bits per heavy atom. The lowest BCUT2D eigenvalue weighted by atomic mass is 10.0. The van der Waals surface area contributed by atoms with Crippen molar-refractivity contribution in [3.05, 3.63) is 22.8 Å². The lowest BCUT2D eigenvalue weighted by Gasteiger charge is -2.17.